The summed E-state index contributed by atoms with van der Waals surface area (Å²) in [6.45, 7) is 0.547. The minimum Gasteiger partial charge on any atom is -0.313 e. The first-order valence-electron chi connectivity index (χ1n) is 3.59. The van der Waals surface area contributed by atoms with Gasteiger partial charge in [-0.1, -0.05) is 0 Å². The molecular weight excluding hydrogens is 146 g/mol. The van der Waals surface area contributed by atoms with Crippen LogP contribution >= 0.6 is 11.8 Å². The van der Waals surface area contributed by atoms with E-state index in [1.165, 1.54) is 5.75 Å². The van der Waals surface area contributed by atoms with Crippen molar-refractivity contribution in [2.45, 2.75) is 6.42 Å². The largest absolute Gasteiger partial charge is 0.313 e. The van der Waals surface area contributed by atoms with Crippen molar-refractivity contribution in [2.24, 2.45) is 5.92 Å². The average Bonchev–Trinajstić information content (AvgIpc) is 2.38. The quantitative estimate of drug-likeness (QED) is 0.651. The summed E-state index contributed by atoms with van der Waals surface area (Å²) in [6.07, 6.45) is 1.09. The van der Waals surface area contributed by atoms with Crippen LogP contribution in [-0.2, 0) is 4.79 Å². The van der Waals surface area contributed by atoms with Crippen LogP contribution in [0.4, 0.5) is 0 Å². The highest BCUT2D eigenvalue weighted by Crippen LogP contribution is 2.23. The highest BCUT2D eigenvalue weighted by Gasteiger charge is 2.21. The second-order valence-electron chi connectivity index (χ2n) is 2.56. The van der Waals surface area contributed by atoms with E-state index in [9.17, 15) is 4.79 Å². The first kappa shape index (κ1) is 8.08. The fourth-order valence-electron chi connectivity index (χ4n) is 1.11. The van der Waals surface area contributed by atoms with Crippen LogP contribution in [0.3, 0.4) is 0 Å². The van der Waals surface area contributed by atoms with E-state index in [4.69, 9.17) is 0 Å². The van der Waals surface area contributed by atoms with E-state index in [1.807, 2.05) is 18.8 Å². The molecule has 0 aromatic rings. The van der Waals surface area contributed by atoms with Gasteiger partial charge in [0.1, 0.15) is 0 Å². The van der Waals surface area contributed by atoms with Gasteiger partial charge >= 0.3 is 0 Å². The Morgan fingerprint density at radius 2 is 2.60 bits per heavy atom. The Morgan fingerprint density at radius 3 is 3.10 bits per heavy atom. The summed E-state index contributed by atoms with van der Waals surface area (Å²) < 4.78 is 0. The summed E-state index contributed by atoms with van der Waals surface area (Å²) in [4.78, 5) is 11.2. The predicted octanol–water partition coefficient (Wildman–Crippen LogP) is 0.528. The Balaban J connectivity index is 2.25. The Hall–Kier alpha value is -0.0200. The molecule has 1 N–H and O–H groups in total. The van der Waals surface area contributed by atoms with Gasteiger partial charge in [-0.05, 0) is 19.2 Å². The molecule has 2 nitrogen and oxygen atoms in total. The van der Waals surface area contributed by atoms with Crippen LogP contribution in [0.1, 0.15) is 6.42 Å². The minimum absolute atomic E-state index is 0.345. The van der Waals surface area contributed by atoms with E-state index in [-0.39, 0.29) is 0 Å². The molecule has 1 unspecified atom stereocenters. The predicted molar refractivity (Wildman–Crippen MR) is 44.4 cm³/mol. The third-order valence-corrected chi connectivity index (χ3v) is 2.90. The summed E-state index contributed by atoms with van der Waals surface area (Å²) in [5.41, 5.74) is 0. The molecule has 1 aliphatic rings. The number of ketones is 1. The van der Waals surface area contributed by atoms with E-state index >= 15 is 0 Å². The van der Waals surface area contributed by atoms with Gasteiger partial charge in [-0.3, -0.25) is 4.79 Å². The molecule has 1 fully saturated rings. The molecule has 0 bridgehead atoms. The van der Waals surface area contributed by atoms with Gasteiger partial charge in [0.25, 0.3) is 0 Å². The van der Waals surface area contributed by atoms with Crippen LogP contribution in [0.25, 0.3) is 0 Å². The molecule has 0 spiro atoms. The molecule has 3 heteroatoms. The second kappa shape index (κ2) is 3.98. The number of likely N-dealkylation sites (N-methyl/N-ethyl adjacent to an activating group) is 1. The lowest BCUT2D eigenvalue weighted by atomic mass is 10.0. The molecule has 1 aliphatic heterocycles. The van der Waals surface area contributed by atoms with Crippen LogP contribution in [-0.4, -0.2) is 30.9 Å². The minimum atomic E-state index is 0.345. The zero-order valence-corrected chi connectivity index (χ0v) is 7.04. The molecule has 10 heavy (non-hydrogen) atoms. The third kappa shape index (κ3) is 1.99. The van der Waals surface area contributed by atoms with Crippen molar-refractivity contribution in [3.63, 3.8) is 0 Å². The molecule has 1 heterocycles. The molecule has 0 radical (unpaired) electrons. The first-order chi connectivity index (χ1) is 4.84. The fourth-order valence-corrected chi connectivity index (χ4v) is 2.36. The maximum Gasteiger partial charge on any atom is 0.150 e. The molecule has 1 saturated heterocycles. The van der Waals surface area contributed by atoms with Crippen molar-refractivity contribution >= 4 is 17.5 Å². The van der Waals surface area contributed by atoms with Gasteiger partial charge < -0.3 is 5.32 Å². The van der Waals surface area contributed by atoms with Crippen molar-refractivity contribution in [3.8, 4) is 0 Å². The Labute approximate surface area is 65.8 Å². The second-order valence-corrected chi connectivity index (χ2v) is 3.71. The first-order valence-corrected chi connectivity index (χ1v) is 4.75. The SMILES string of the molecule is CNCC(=O)C1CCSC1. The summed E-state index contributed by atoms with van der Waals surface area (Å²) in [7, 11) is 1.82. The average molecular weight is 159 g/mol. The standard InChI is InChI=1S/C7H13NOS/c1-8-4-7(9)6-2-3-10-5-6/h6,8H,2-5H2,1H3. The Bertz CT molecular complexity index is 121. The number of hydrogen-bond acceptors (Lipinski definition) is 3. The van der Waals surface area contributed by atoms with Crippen LogP contribution in [0.15, 0.2) is 0 Å². The van der Waals surface area contributed by atoms with E-state index in [0.717, 1.165) is 12.2 Å². The number of rotatable bonds is 3. The van der Waals surface area contributed by atoms with Gasteiger partial charge in [-0.15, -0.1) is 0 Å². The molecule has 1 rings (SSSR count). The Kier molecular flexibility index (Phi) is 3.22. The lowest BCUT2D eigenvalue weighted by Gasteiger charge is -2.04. The topological polar surface area (TPSA) is 29.1 Å². The van der Waals surface area contributed by atoms with Crippen LogP contribution in [0, 0.1) is 5.92 Å². The molecule has 1 atom stereocenters. The summed E-state index contributed by atoms with van der Waals surface area (Å²) in [5.74, 6) is 2.94. The molecule has 0 saturated carbocycles. The monoisotopic (exact) mass is 159 g/mol. The number of carbonyl (C=O) groups excluding carboxylic acids is 1. The smallest absolute Gasteiger partial charge is 0.150 e. The van der Waals surface area contributed by atoms with E-state index < -0.39 is 0 Å². The maximum absolute atomic E-state index is 11.2. The van der Waals surface area contributed by atoms with Gasteiger partial charge in [0.2, 0.25) is 0 Å². The van der Waals surface area contributed by atoms with Crippen molar-refractivity contribution in [3.05, 3.63) is 0 Å². The number of thioether (sulfide) groups is 1. The van der Waals surface area contributed by atoms with Crippen LogP contribution < -0.4 is 5.32 Å². The molecule has 0 aliphatic carbocycles. The van der Waals surface area contributed by atoms with Gasteiger partial charge in [-0.25, -0.2) is 0 Å². The molecule has 58 valence electrons. The van der Waals surface area contributed by atoms with E-state index in [0.29, 0.717) is 18.2 Å². The van der Waals surface area contributed by atoms with E-state index in [1.54, 1.807) is 0 Å². The van der Waals surface area contributed by atoms with Gasteiger partial charge in [-0.2, -0.15) is 11.8 Å². The van der Waals surface area contributed by atoms with Crippen molar-refractivity contribution < 1.29 is 4.79 Å². The van der Waals surface area contributed by atoms with Crippen molar-refractivity contribution in [1.82, 2.24) is 5.32 Å². The summed E-state index contributed by atoms with van der Waals surface area (Å²) in [5, 5.41) is 2.89. The van der Waals surface area contributed by atoms with Gasteiger partial charge in [0.15, 0.2) is 5.78 Å². The summed E-state index contributed by atoms with van der Waals surface area (Å²) in [6, 6.07) is 0. The van der Waals surface area contributed by atoms with Crippen LogP contribution in [0.5, 0.6) is 0 Å². The van der Waals surface area contributed by atoms with Crippen molar-refractivity contribution in [1.29, 1.82) is 0 Å². The van der Waals surface area contributed by atoms with Gasteiger partial charge in [0, 0.05) is 11.7 Å². The molecule has 0 aromatic carbocycles. The fraction of sp³-hybridized carbons (Fsp3) is 0.857. The number of carbonyl (C=O) groups is 1. The summed E-state index contributed by atoms with van der Waals surface area (Å²) >= 11 is 1.89. The lowest BCUT2D eigenvalue weighted by molar-refractivity contribution is -0.121. The third-order valence-electron chi connectivity index (χ3n) is 1.74. The van der Waals surface area contributed by atoms with E-state index in [2.05, 4.69) is 5.32 Å². The zero-order chi connectivity index (χ0) is 7.40. The highest BCUT2D eigenvalue weighted by atomic mass is 32.2. The Morgan fingerprint density at radius 1 is 1.80 bits per heavy atom. The highest BCUT2D eigenvalue weighted by molar-refractivity contribution is 7.99. The molecule has 0 aromatic heterocycles. The van der Waals surface area contributed by atoms with Gasteiger partial charge in [0.05, 0.1) is 6.54 Å². The lowest BCUT2D eigenvalue weighted by Crippen LogP contribution is -2.25. The molecule has 0 amide bonds. The molecular formula is C7H13NOS. The zero-order valence-electron chi connectivity index (χ0n) is 6.22. The number of nitrogens with one attached hydrogen (secondary N) is 1. The maximum atomic E-state index is 11.2. The van der Waals surface area contributed by atoms with Crippen LogP contribution in [0.2, 0.25) is 0 Å². The number of hydrogen-bond donors (Lipinski definition) is 1. The van der Waals surface area contributed by atoms with Crippen molar-refractivity contribution in [2.75, 3.05) is 25.1 Å². The number of Topliss-reactive ketones (excluding diaryl/α,β-unsaturated/α-hetero) is 1. The normalized spacial score (nSPS) is 25.1.